The minimum Gasteiger partial charge on any atom is -0.461 e. The van der Waals surface area contributed by atoms with Crippen molar-refractivity contribution in [1.29, 1.82) is 0 Å². The van der Waals surface area contributed by atoms with Crippen LogP contribution < -0.4 is 5.32 Å². The highest BCUT2D eigenvalue weighted by molar-refractivity contribution is 6.22. The average Bonchev–Trinajstić information content (AvgIpc) is 3.01. The van der Waals surface area contributed by atoms with Crippen LogP contribution in [0.15, 0.2) is 49.1 Å². The van der Waals surface area contributed by atoms with Gasteiger partial charge in [-0.25, -0.2) is 0 Å². The van der Waals surface area contributed by atoms with E-state index in [0.717, 1.165) is 31.2 Å². The maximum atomic E-state index is 12.4. The minimum atomic E-state index is -0.464. The smallest absolute Gasteiger partial charge is 0.310 e. The number of carbonyl (C=O) groups is 3. The summed E-state index contributed by atoms with van der Waals surface area (Å²) in [6.07, 6.45) is 5.79. The molecular formula is C24H25NO4. The lowest BCUT2D eigenvalue weighted by atomic mass is 9.99. The van der Waals surface area contributed by atoms with Gasteiger partial charge in [0.1, 0.15) is 6.61 Å². The Morgan fingerprint density at radius 2 is 1.93 bits per heavy atom. The van der Waals surface area contributed by atoms with Crippen LogP contribution in [0.25, 0.3) is 0 Å². The number of rotatable bonds is 9. The van der Waals surface area contributed by atoms with Gasteiger partial charge in [0, 0.05) is 0 Å². The summed E-state index contributed by atoms with van der Waals surface area (Å²) < 4.78 is 5.47. The number of hydrogen-bond donors (Lipinski definition) is 1. The monoisotopic (exact) mass is 391 g/mol. The van der Waals surface area contributed by atoms with E-state index < -0.39 is 17.8 Å². The van der Waals surface area contributed by atoms with Crippen LogP contribution in [0.3, 0.4) is 0 Å². The normalized spacial score (nSPS) is 12.4. The van der Waals surface area contributed by atoms with Gasteiger partial charge < -0.3 is 4.74 Å². The Hall–Kier alpha value is -3.21. The maximum absolute atomic E-state index is 12.4. The Kier molecular flexibility index (Phi) is 6.60. The average molecular weight is 391 g/mol. The third-order valence-corrected chi connectivity index (χ3v) is 5.10. The molecule has 1 aliphatic heterocycles. The van der Waals surface area contributed by atoms with Crippen LogP contribution in [0.5, 0.6) is 0 Å². The molecule has 5 heteroatoms. The first kappa shape index (κ1) is 20.5. The summed E-state index contributed by atoms with van der Waals surface area (Å²) in [6, 6.07) is 11.2. The molecule has 0 unspecified atom stereocenters. The van der Waals surface area contributed by atoms with E-state index in [0.29, 0.717) is 11.1 Å². The lowest BCUT2D eigenvalue weighted by Gasteiger charge is -2.12. The van der Waals surface area contributed by atoms with Crippen LogP contribution in [0, 0.1) is 0 Å². The zero-order chi connectivity index (χ0) is 20.8. The lowest BCUT2D eigenvalue weighted by molar-refractivity contribution is -0.144. The lowest BCUT2D eigenvalue weighted by Crippen LogP contribution is -2.20. The number of allylic oxidation sites excluding steroid dienone is 1. The topological polar surface area (TPSA) is 72.5 Å². The highest BCUT2D eigenvalue weighted by Crippen LogP contribution is 2.21. The molecule has 0 atom stereocenters. The molecule has 0 saturated carbocycles. The van der Waals surface area contributed by atoms with Crippen LogP contribution >= 0.6 is 0 Å². The number of fused-ring (bicyclic) bond motifs is 1. The first-order valence-corrected chi connectivity index (χ1v) is 9.88. The molecule has 2 aromatic carbocycles. The van der Waals surface area contributed by atoms with Gasteiger partial charge in [-0.3, -0.25) is 19.7 Å². The van der Waals surface area contributed by atoms with Gasteiger partial charge in [0.2, 0.25) is 0 Å². The van der Waals surface area contributed by atoms with Crippen molar-refractivity contribution >= 4 is 17.8 Å². The summed E-state index contributed by atoms with van der Waals surface area (Å²) in [7, 11) is 0. The fraction of sp³-hybridized carbons (Fsp3) is 0.292. The van der Waals surface area contributed by atoms with E-state index in [1.54, 1.807) is 18.2 Å². The first-order valence-electron chi connectivity index (χ1n) is 9.88. The van der Waals surface area contributed by atoms with Gasteiger partial charge in [-0.2, -0.15) is 0 Å². The highest BCUT2D eigenvalue weighted by atomic mass is 16.5. The summed E-state index contributed by atoms with van der Waals surface area (Å²) in [4.78, 5) is 36.1. The number of benzene rings is 2. The fourth-order valence-corrected chi connectivity index (χ4v) is 3.56. The van der Waals surface area contributed by atoms with E-state index in [2.05, 4.69) is 31.0 Å². The van der Waals surface area contributed by atoms with Crippen molar-refractivity contribution in [3.05, 3.63) is 82.4 Å². The van der Waals surface area contributed by atoms with Gasteiger partial charge in [-0.05, 0) is 54.0 Å². The predicted octanol–water partition coefficient (Wildman–Crippen LogP) is 3.93. The number of esters is 1. The van der Waals surface area contributed by atoms with Crippen molar-refractivity contribution in [3.8, 4) is 0 Å². The second-order valence-electron chi connectivity index (χ2n) is 7.10. The second-order valence-corrected chi connectivity index (χ2v) is 7.10. The van der Waals surface area contributed by atoms with Crippen molar-refractivity contribution in [1.82, 2.24) is 5.32 Å². The van der Waals surface area contributed by atoms with E-state index >= 15 is 0 Å². The molecule has 0 fully saturated rings. The van der Waals surface area contributed by atoms with Crippen LogP contribution in [0.1, 0.15) is 62.7 Å². The molecule has 1 N–H and O–H groups in total. The number of nitrogens with one attached hydrogen (secondary N) is 1. The van der Waals surface area contributed by atoms with Gasteiger partial charge >= 0.3 is 5.97 Å². The molecule has 29 heavy (non-hydrogen) atoms. The van der Waals surface area contributed by atoms with E-state index in [4.69, 9.17) is 4.74 Å². The third-order valence-electron chi connectivity index (χ3n) is 5.10. The number of amides is 2. The SMILES string of the molecule is C=CCCCc1ccc(COC(=O)Cc2cccc3c2C(=O)NC3=O)c(CC)c1. The Morgan fingerprint density at radius 1 is 1.10 bits per heavy atom. The quantitative estimate of drug-likeness (QED) is 0.304. The van der Waals surface area contributed by atoms with Crippen molar-refractivity contribution in [3.63, 3.8) is 0 Å². The van der Waals surface area contributed by atoms with Crippen LogP contribution in [-0.2, 0) is 35.4 Å². The fourth-order valence-electron chi connectivity index (χ4n) is 3.56. The van der Waals surface area contributed by atoms with E-state index in [1.165, 1.54) is 11.1 Å². The number of hydrogen-bond acceptors (Lipinski definition) is 4. The molecular weight excluding hydrogens is 366 g/mol. The number of aryl methyl sites for hydroxylation is 2. The summed E-state index contributed by atoms with van der Waals surface area (Å²) in [5, 5.41) is 2.26. The molecule has 1 aliphatic rings. The highest BCUT2D eigenvalue weighted by Gasteiger charge is 2.29. The van der Waals surface area contributed by atoms with Crippen molar-refractivity contribution < 1.29 is 19.1 Å². The molecule has 5 nitrogen and oxygen atoms in total. The number of imide groups is 1. The molecule has 2 aromatic rings. The molecule has 150 valence electrons. The minimum absolute atomic E-state index is 0.0506. The number of ether oxygens (including phenoxy) is 1. The second kappa shape index (κ2) is 9.32. The number of carbonyl (C=O) groups excluding carboxylic acids is 3. The van der Waals surface area contributed by atoms with E-state index in [1.807, 2.05) is 12.1 Å². The zero-order valence-corrected chi connectivity index (χ0v) is 16.6. The standard InChI is InChI=1S/C24H25NO4/c1-3-5-6-8-16-11-12-19(17(4-2)13-16)15-29-21(26)14-18-9-7-10-20-22(18)24(28)25-23(20)27/h3,7,9-13H,1,4-6,8,14-15H2,2H3,(H,25,27,28). The molecule has 3 rings (SSSR count). The Morgan fingerprint density at radius 3 is 2.69 bits per heavy atom. The van der Waals surface area contributed by atoms with Crippen LogP contribution in [0.4, 0.5) is 0 Å². The molecule has 0 spiro atoms. The molecule has 0 saturated heterocycles. The van der Waals surface area contributed by atoms with Crippen molar-refractivity contribution in [2.45, 2.75) is 45.6 Å². The van der Waals surface area contributed by atoms with Crippen LogP contribution in [-0.4, -0.2) is 17.8 Å². The summed E-state index contributed by atoms with van der Waals surface area (Å²) in [5.41, 5.74) is 4.51. The van der Waals surface area contributed by atoms with Gasteiger partial charge in [-0.15, -0.1) is 6.58 Å². The summed E-state index contributed by atoms with van der Waals surface area (Å²) >= 11 is 0. The Labute approximate surface area is 170 Å². The maximum Gasteiger partial charge on any atom is 0.310 e. The molecule has 2 amide bonds. The zero-order valence-electron chi connectivity index (χ0n) is 16.6. The van der Waals surface area contributed by atoms with Crippen LogP contribution in [0.2, 0.25) is 0 Å². The van der Waals surface area contributed by atoms with Gasteiger partial charge in [0.05, 0.1) is 17.5 Å². The molecule has 0 bridgehead atoms. The third kappa shape index (κ3) is 4.80. The van der Waals surface area contributed by atoms with Crippen molar-refractivity contribution in [2.75, 3.05) is 0 Å². The van der Waals surface area contributed by atoms with Gasteiger partial charge in [0.25, 0.3) is 11.8 Å². The first-order chi connectivity index (χ1) is 14.0. The number of unbranched alkanes of at least 4 members (excludes halogenated alkanes) is 1. The Balaban J connectivity index is 1.64. The predicted molar refractivity (Wildman–Crippen MR) is 111 cm³/mol. The van der Waals surface area contributed by atoms with Gasteiger partial charge in [0.15, 0.2) is 0 Å². The molecule has 1 heterocycles. The summed E-state index contributed by atoms with van der Waals surface area (Å²) in [5.74, 6) is -1.32. The molecule has 0 aliphatic carbocycles. The van der Waals surface area contributed by atoms with E-state index in [-0.39, 0.29) is 18.6 Å². The van der Waals surface area contributed by atoms with Crippen molar-refractivity contribution in [2.24, 2.45) is 0 Å². The molecule has 0 aromatic heterocycles. The van der Waals surface area contributed by atoms with E-state index in [9.17, 15) is 14.4 Å². The Bertz CT molecular complexity index is 961. The largest absolute Gasteiger partial charge is 0.461 e. The summed E-state index contributed by atoms with van der Waals surface area (Å²) in [6.45, 7) is 6.02. The molecule has 0 radical (unpaired) electrons. The van der Waals surface area contributed by atoms with Gasteiger partial charge in [-0.1, -0.05) is 43.3 Å².